The van der Waals surface area contributed by atoms with Crippen molar-refractivity contribution >= 4 is 12.0 Å². The topological polar surface area (TPSA) is 96.2 Å². The predicted molar refractivity (Wildman–Crippen MR) is 181 cm³/mol. The van der Waals surface area contributed by atoms with Crippen molar-refractivity contribution in [3.8, 4) is 11.5 Å². The average molecular weight is 635 g/mol. The maximum Gasteiger partial charge on any atom is 0.331 e. The molecular weight excluding hydrogens is 576 g/mol. The highest BCUT2D eigenvalue weighted by Crippen LogP contribution is 2.77. The first-order valence-electron chi connectivity index (χ1n) is 17.9. The number of aliphatic hydroxyl groups excluding tert-OH is 2. The van der Waals surface area contributed by atoms with Gasteiger partial charge in [-0.05, 0) is 146 Å². The van der Waals surface area contributed by atoms with Crippen molar-refractivity contribution in [2.75, 3.05) is 20.3 Å². The molecule has 5 aliphatic carbocycles. The molecular formula is C40H58O6. The smallest absolute Gasteiger partial charge is 0.331 e. The minimum absolute atomic E-state index is 0.00517. The van der Waals surface area contributed by atoms with Gasteiger partial charge in [0.05, 0.1) is 13.7 Å². The molecule has 0 radical (unpaired) electrons. The van der Waals surface area contributed by atoms with E-state index < -0.39 is 11.4 Å². The summed E-state index contributed by atoms with van der Waals surface area (Å²) in [7, 11) is 1.49. The number of ether oxygens (including phenoxy) is 2. The number of phenols is 1. The standard InChI is InChI=1S/C40H58O6/c1-25(2)27-14-19-40(24-42)21-20-38(5)28(35(27)40)10-12-32-36(3)17-16-33(37(4,23-41)31(36)15-18-39(32,38)6)46-34(44)13-9-26-8-11-29(43)30(22-26)45-7/h8-9,11,13,22,27-28,31-33,35,41-43H,1,10,12,14-21,23-24H2,2-7H3/b13-9+/t27-,28+,31+,32+,33-,35+,36-,37-,38+,39+,40+/m0/s1. The first-order chi connectivity index (χ1) is 21.7. The molecule has 0 saturated heterocycles. The third-order valence-corrected chi connectivity index (χ3v) is 15.5. The van der Waals surface area contributed by atoms with Crippen molar-refractivity contribution in [2.24, 2.45) is 56.7 Å². The molecule has 6 nitrogen and oxygen atoms in total. The molecule has 254 valence electrons. The molecule has 6 heteroatoms. The maximum atomic E-state index is 13.1. The van der Waals surface area contributed by atoms with Gasteiger partial charge in [0.1, 0.15) is 6.10 Å². The molecule has 0 heterocycles. The van der Waals surface area contributed by atoms with Crippen molar-refractivity contribution in [3.05, 3.63) is 42.0 Å². The Morgan fingerprint density at radius 2 is 1.70 bits per heavy atom. The van der Waals surface area contributed by atoms with E-state index in [2.05, 4.69) is 41.2 Å². The zero-order valence-electron chi connectivity index (χ0n) is 29.1. The molecule has 1 aromatic rings. The van der Waals surface area contributed by atoms with Gasteiger partial charge in [-0.25, -0.2) is 4.79 Å². The number of aromatic hydroxyl groups is 1. The van der Waals surface area contributed by atoms with Crippen LogP contribution >= 0.6 is 0 Å². The zero-order chi connectivity index (χ0) is 33.3. The minimum Gasteiger partial charge on any atom is -0.504 e. The average Bonchev–Trinajstić information content (AvgIpc) is 3.43. The van der Waals surface area contributed by atoms with Crippen molar-refractivity contribution in [1.82, 2.24) is 0 Å². The number of phenolic OH excluding ortho intramolecular Hbond substituents is 1. The number of benzene rings is 1. The van der Waals surface area contributed by atoms with Gasteiger partial charge in [-0.15, -0.1) is 0 Å². The summed E-state index contributed by atoms with van der Waals surface area (Å²) in [4.78, 5) is 13.1. The molecule has 5 saturated carbocycles. The number of fused-ring (bicyclic) bond motifs is 7. The summed E-state index contributed by atoms with van der Waals surface area (Å²) >= 11 is 0. The molecule has 0 unspecified atom stereocenters. The van der Waals surface area contributed by atoms with Gasteiger partial charge in [-0.1, -0.05) is 45.9 Å². The molecule has 3 N–H and O–H groups in total. The highest BCUT2D eigenvalue weighted by Gasteiger charge is 2.71. The number of carbonyl (C=O) groups excluding carboxylic acids is 1. The molecule has 6 rings (SSSR count). The predicted octanol–water partition coefficient (Wildman–Crippen LogP) is 7.95. The van der Waals surface area contributed by atoms with Gasteiger partial charge in [-0.2, -0.15) is 0 Å². The Bertz CT molecular complexity index is 1390. The van der Waals surface area contributed by atoms with Crippen LogP contribution in [-0.4, -0.2) is 47.7 Å². The fraction of sp³-hybridized carbons (Fsp3) is 0.725. The number of carbonyl (C=O) groups is 1. The van der Waals surface area contributed by atoms with Gasteiger partial charge in [0.15, 0.2) is 11.5 Å². The van der Waals surface area contributed by atoms with E-state index in [9.17, 15) is 20.1 Å². The fourth-order valence-corrected chi connectivity index (χ4v) is 12.9. The van der Waals surface area contributed by atoms with Crippen LogP contribution in [0.1, 0.15) is 104 Å². The summed E-state index contributed by atoms with van der Waals surface area (Å²) in [5.41, 5.74) is 2.00. The largest absolute Gasteiger partial charge is 0.504 e. The summed E-state index contributed by atoms with van der Waals surface area (Å²) in [6.45, 7) is 16.8. The number of esters is 1. The van der Waals surface area contributed by atoms with Crippen molar-refractivity contribution in [1.29, 1.82) is 0 Å². The van der Waals surface area contributed by atoms with E-state index in [0.29, 0.717) is 36.0 Å². The first-order valence-corrected chi connectivity index (χ1v) is 17.9. The lowest BCUT2D eigenvalue weighted by Crippen LogP contribution is -2.67. The Labute approximate surface area is 276 Å². The highest BCUT2D eigenvalue weighted by molar-refractivity contribution is 5.87. The lowest BCUT2D eigenvalue weighted by molar-refractivity contribution is -0.257. The fourth-order valence-electron chi connectivity index (χ4n) is 12.9. The first kappa shape index (κ1) is 33.6. The number of hydrogen-bond donors (Lipinski definition) is 3. The zero-order valence-corrected chi connectivity index (χ0v) is 29.1. The summed E-state index contributed by atoms with van der Waals surface area (Å²) in [6, 6.07) is 4.95. The van der Waals surface area contributed by atoms with Gasteiger partial charge < -0.3 is 24.8 Å². The minimum atomic E-state index is -0.521. The molecule has 0 aromatic heterocycles. The Balaban J connectivity index is 1.24. The van der Waals surface area contributed by atoms with Crippen LogP contribution in [0.3, 0.4) is 0 Å². The van der Waals surface area contributed by atoms with Gasteiger partial charge in [0.25, 0.3) is 0 Å². The molecule has 46 heavy (non-hydrogen) atoms. The number of rotatable bonds is 7. The maximum absolute atomic E-state index is 13.1. The van der Waals surface area contributed by atoms with E-state index in [1.807, 2.05) is 0 Å². The molecule has 0 aliphatic heterocycles. The highest BCUT2D eigenvalue weighted by atomic mass is 16.5. The van der Waals surface area contributed by atoms with E-state index in [4.69, 9.17) is 9.47 Å². The second-order valence-electron chi connectivity index (χ2n) is 17.1. The van der Waals surface area contributed by atoms with E-state index in [1.54, 1.807) is 24.3 Å². The summed E-state index contributed by atoms with van der Waals surface area (Å²) in [6.07, 6.45) is 13.6. The third kappa shape index (κ3) is 4.74. The van der Waals surface area contributed by atoms with Crippen LogP contribution in [0.4, 0.5) is 0 Å². The number of hydrogen-bond acceptors (Lipinski definition) is 6. The molecule has 0 amide bonds. The molecule has 0 bridgehead atoms. The number of aliphatic hydroxyl groups is 2. The van der Waals surface area contributed by atoms with E-state index in [-0.39, 0.29) is 46.0 Å². The lowest BCUT2D eigenvalue weighted by Gasteiger charge is -2.73. The van der Waals surface area contributed by atoms with E-state index >= 15 is 0 Å². The van der Waals surface area contributed by atoms with Crippen LogP contribution in [0.5, 0.6) is 11.5 Å². The van der Waals surface area contributed by atoms with Crippen LogP contribution in [-0.2, 0) is 9.53 Å². The monoisotopic (exact) mass is 634 g/mol. The van der Waals surface area contributed by atoms with Gasteiger partial charge in [0.2, 0.25) is 0 Å². The Hall–Kier alpha value is -2.31. The normalized spacial score (nSPS) is 44.9. The Morgan fingerprint density at radius 1 is 0.935 bits per heavy atom. The molecule has 5 aliphatic rings. The summed E-state index contributed by atoms with van der Waals surface area (Å²) < 4.78 is 11.4. The van der Waals surface area contributed by atoms with Crippen LogP contribution in [0.15, 0.2) is 36.4 Å². The van der Waals surface area contributed by atoms with Crippen molar-refractivity contribution in [2.45, 2.75) is 105 Å². The Morgan fingerprint density at radius 3 is 2.37 bits per heavy atom. The molecule has 5 fully saturated rings. The summed E-state index contributed by atoms with van der Waals surface area (Å²) in [5, 5.41) is 31.7. The number of methoxy groups -OCH3 is 1. The van der Waals surface area contributed by atoms with Gasteiger partial charge in [-0.3, -0.25) is 0 Å². The second-order valence-corrected chi connectivity index (χ2v) is 17.1. The molecule has 11 atom stereocenters. The summed E-state index contributed by atoms with van der Waals surface area (Å²) in [5.74, 6) is 2.42. The molecule has 1 aromatic carbocycles. The van der Waals surface area contributed by atoms with Crippen molar-refractivity contribution < 1.29 is 29.6 Å². The second kappa shape index (κ2) is 11.7. The lowest BCUT2D eigenvalue weighted by atomic mass is 9.32. The van der Waals surface area contributed by atoms with Crippen molar-refractivity contribution in [3.63, 3.8) is 0 Å². The van der Waals surface area contributed by atoms with E-state index in [0.717, 1.165) is 44.1 Å². The molecule has 0 spiro atoms. The third-order valence-electron chi connectivity index (χ3n) is 15.5. The van der Waals surface area contributed by atoms with Crippen LogP contribution in [0, 0.1) is 56.7 Å². The van der Waals surface area contributed by atoms with Gasteiger partial charge >= 0.3 is 5.97 Å². The quantitative estimate of drug-likeness (QED) is 0.160. The van der Waals surface area contributed by atoms with Gasteiger partial charge in [0, 0.05) is 18.1 Å². The number of allylic oxidation sites excluding steroid dienone is 1. The van der Waals surface area contributed by atoms with Crippen LogP contribution in [0.2, 0.25) is 0 Å². The van der Waals surface area contributed by atoms with Crippen LogP contribution < -0.4 is 4.74 Å². The van der Waals surface area contributed by atoms with Crippen LogP contribution in [0.25, 0.3) is 6.08 Å². The SMILES string of the molecule is C=C(C)[C@@H]1CC[C@]2(CO)CC[C@]3(C)[C@H](CC[C@@H]4[C@@]5(C)CC[C@H](OC(=O)/C=C/c6ccc(O)c(OC)c6)[C@@](C)(CO)[C@@H]5CC[C@]43C)[C@@H]12. The Kier molecular flexibility index (Phi) is 8.53. The van der Waals surface area contributed by atoms with E-state index in [1.165, 1.54) is 44.4 Å².